The monoisotopic (exact) mass is 451 g/mol. The number of rotatable bonds is 6. The molecule has 5 rings (SSSR count). The molecule has 2 heterocycles. The molecule has 0 radical (unpaired) electrons. The molecule has 0 aliphatic rings. The van der Waals surface area contributed by atoms with Crippen molar-refractivity contribution in [3.8, 4) is 11.5 Å². The van der Waals surface area contributed by atoms with Gasteiger partial charge in [-0.1, -0.05) is 47.7 Å². The summed E-state index contributed by atoms with van der Waals surface area (Å²) in [6, 6.07) is 26.7. The van der Waals surface area contributed by atoms with Crippen molar-refractivity contribution in [1.82, 2.24) is 9.97 Å². The summed E-state index contributed by atoms with van der Waals surface area (Å²) in [6.45, 7) is 2.42. The van der Waals surface area contributed by atoms with E-state index in [2.05, 4.69) is 4.98 Å². The van der Waals surface area contributed by atoms with Gasteiger partial charge in [-0.05, 0) is 66.6 Å². The number of carbonyl (C=O) groups is 1. The Morgan fingerprint density at radius 1 is 0.909 bits per heavy atom. The van der Waals surface area contributed by atoms with Crippen LogP contribution in [0.4, 0.5) is 5.13 Å². The van der Waals surface area contributed by atoms with Crippen LogP contribution in [0, 0.1) is 6.92 Å². The fourth-order valence-electron chi connectivity index (χ4n) is 3.54. The van der Waals surface area contributed by atoms with E-state index in [1.54, 1.807) is 29.4 Å². The Labute approximate surface area is 195 Å². The molecular weight excluding hydrogens is 430 g/mol. The van der Waals surface area contributed by atoms with E-state index in [9.17, 15) is 4.79 Å². The normalized spacial score (nSPS) is 10.8. The van der Waals surface area contributed by atoms with E-state index in [-0.39, 0.29) is 5.91 Å². The highest BCUT2D eigenvalue weighted by atomic mass is 32.1. The zero-order valence-corrected chi connectivity index (χ0v) is 18.8. The minimum absolute atomic E-state index is 0.123. The summed E-state index contributed by atoms with van der Waals surface area (Å²) < 4.78 is 6.92. The quantitative estimate of drug-likeness (QED) is 0.290. The minimum Gasteiger partial charge on any atom is -0.457 e. The lowest BCUT2D eigenvalue weighted by Crippen LogP contribution is -2.30. The number of carbonyl (C=O) groups excluding carboxylic acids is 1. The Hall–Kier alpha value is -4.03. The number of nitrogens with zero attached hydrogens (tertiary/aromatic N) is 3. The first-order valence-corrected chi connectivity index (χ1v) is 11.4. The number of aryl methyl sites for hydroxylation is 1. The molecule has 0 unspecified atom stereocenters. The Bertz CT molecular complexity index is 1380. The molecule has 0 aliphatic carbocycles. The highest BCUT2D eigenvalue weighted by molar-refractivity contribution is 7.22. The number of anilines is 1. The second-order valence-corrected chi connectivity index (χ2v) is 8.62. The topological polar surface area (TPSA) is 55.3 Å². The first-order valence-electron chi connectivity index (χ1n) is 10.6. The second-order valence-electron chi connectivity index (χ2n) is 7.61. The van der Waals surface area contributed by atoms with Crippen LogP contribution in [0.5, 0.6) is 11.5 Å². The SMILES string of the molecule is Cc1cccc2sc(N(Cc3cccnc3)C(=O)c3ccc(Oc4ccccc4)cc3)nc12. The number of para-hydroxylation sites is 2. The van der Waals surface area contributed by atoms with Crippen LogP contribution in [-0.4, -0.2) is 15.9 Å². The molecule has 0 bridgehead atoms. The molecule has 33 heavy (non-hydrogen) atoms. The standard InChI is InChI=1S/C27H21N3O2S/c1-19-7-5-11-24-25(19)29-27(33-24)30(18-20-8-6-16-28-17-20)26(31)21-12-14-23(15-13-21)32-22-9-3-2-4-10-22/h2-17H,18H2,1H3. The number of benzene rings is 3. The van der Waals surface area contributed by atoms with E-state index >= 15 is 0 Å². The third kappa shape index (κ3) is 4.61. The summed E-state index contributed by atoms with van der Waals surface area (Å²) >= 11 is 1.52. The number of pyridine rings is 1. The van der Waals surface area contributed by atoms with Crippen LogP contribution >= 0.6 is 11.3 Å². The summed E-state index contributed by atoms with van der Waals surface area (Å²) in [5.41, 5.74) is 3.51. The van der Waals surface area contributed by atoms with Crippen molar-refractivity contribution in [3.05, 3.63) is 114 Å². The highest BCUT2D eigenvalue weighted by Crippen LogP contribution is 2.32. The van der Waals surface area contributed by atoms with Crippen molar-refractivity contribution < 1.29 is 9.53 Å². The van der Waals surface area contributed by atoms with Gasteiger partial charge in [-0.25, -0.2) is 4.98 Å². The Morgan fingerprint density at radius 2 is 1.70 bits per heavy atom. The van der Waals surface area contributed by atoms with Gasteiger partial charge in [0.25, 0.3) is 5.91 Å². The smallest absolute Gasteiger partial charge is 0.260 e. The van der Waals surface area contributed by atoms with Gasteiger partial charge in [-0.3, -0.25) is 14.7 Å². The molecule has 0 saturated heterocycles. The van der Waals surface area contributed by atoms with E-state index in [4.69, 9.17) is 9.72 Å². The van der Waals surface area contributed by atoms with Crippen molar-refractivity contribution in [3.63, 3.8) is 0 Å². The fourth-order valence-corrected chi connectivity index (χ4v) is 4.58. The van der Waals surface area contributed by atoms with E-state index in [1.165, 1.54) is 11.3 Å². The predicted molar refractivity (Wildman–Crippen MR) is 132 cm³/mol. The van der Waals surface area contributed by atoms with Gasteiger partial charge in [0.15, 0.2) is 5.13 Å². The number of ether oxygens (including phenoxy) is 1. The van der Waals surface area contributed by atoms with Crippen molar-refractivity contribution in [2.24, 2.45) is 0 Å². The highest BCUT2D eigenvalue weighted by Gasteiger charge is 2.22. The van der Waals surface area contributed by atoms with Gasteiger partial charge in [0.2, 0.25) is 0 Å². The number of hydrogen-bond donors (Lipinski definition) is 0. The maximum atomic E-state index is 13.6. The summed E-state index contributed by atoms with van der Waals surface area (Å²) in [5.74, 6) is 1.30. The first-order chi connectivity index (χ1) is 16.2. The van der Waals surface area contributed by atoms with Gasteiger partial charge in [-0.15, -0.1) is 0 Å². The van der Waals surface area contributed by atoms with E-state index < -0.39 is 0 Å². The molecule has 5 aromatic rings. The lowest BCUT2D eigenvalue weighted by Gasteiger charge is -2.20. The molecule has 0 atom stereocenters. The van der Waals surface area contributed by atoms with Gasteiger partial charge in [0, 0.05) is 18.0 Å². The van der Waals surface area contributed by atoms with E-state index in [1.807, 2.05) is 79.7 Å². The van der Waals surface area contributed by atoms with Gasteiger partial charge < -0.3 is 4.74 Å². The van der Waals surface area contributed by atoms with Crippen LogP contribution in [0.3, 0.4) is 0 Å². The van der Waals surface area contributed by atoms with Gasteiger partial charge in [0.05, 0.1) is 16.8 Å². The second kappa shape index (κ2) is 9.22. The van der Waals surface area contributed by atoms with Crippen LogP contribution in [0.1, 0.15) is 21.5 Å². The maximum absolute atomic E-state index is 13.6. The third-order valence-corrected chi connectivity index (χ3v) is 6.27. The van der Waals surface area contributed by atoms with Gasteiger partial charge in [-0.2, -0.15) is 0 Å². The molecule has 3 aromatic carbocycles. The summed E-state index contributed by atoms with van der Waals surface area (Å²) in [4.78, 5) is 24.3. The minimum atomic E-state index is -0.123. The lowest BCUT2D eigenvalue weighted by atomic mass is 10.1. The van der Waals surface area contributed by atoms with Crippen LogP contribution in [-0.2, 0) is 6.54 Å². The molecule has 0 spiro atoms. The van der Waals surface area contributed by atoms with Crippen molar-refractivity contribution in [2.75, 3.05) is 4.90 Å². The summed E-state index contributed by atoms with van der Waals surface area (Å²) in [5, 5.41) is 0.665. The average Bonchev–Trinajstić information content (AvgIpc) is 3.29. The van der Waals surface area contributed by atoms with Crippen LogP contribution in [0.2, 0.25) is 0 Å². The number of hydrogen-bond acceptors (Lipinski definition) is 5. The Kier molecular flexibility index (Phi) is 5.83. The molecule has 5 nitrogen and oxygen atoms in total. The Balaban J connectivity index is 1.46. The lowest BCUT2D eigenvalue weighted by molar-refractivity contribution is 0.0985. The summed E-state index contributed by atoms with van der Waals surface area (Å²) in [6.07, 6.45) is 3.50. The van der Waals surface area contributed by atoms with Crippen LogP contribution < -0.4 is 9.64 Å². The molecule has 162 valence electrons. The summed E-state index contributed by atoms with van der Waals surface area (Å²) in [7, 11) is 0. The molecular formula is C27H21N3O2S. The predicted octanol–water partition coefficient (Wildman–Crippen LogP) is 6.64. The molecule has 6 heteroatoms. The number of fused-ring (bicyclic) bond motifs is 1. The zero-order valence-electron chi connectivity index (χ0n) is 18.0. The zero-order chi connectivity index (χ0) is 22.6. The molecule has 0 N–H and O–H groups in total. The molecule has 0 fully saturated rings. The van der Waals surface area contributed by atoms with Gasteiger partial charge in [0.1, 0.15) is 11.5 Å². The van der Waals surface area contributed by atoms with Crippen molar-refractivity contribution >= 4 is 32.6 Å². The van der Waals surface area contributed by atoms with E-state index in [0.29, 0.717) is 23.0 Å². The molecule has 0 aliphatic heterocycles. The molecule has 2 aromatic heterocycles. The fraction of sp³-hybridized carbons (Fsp3) is 0.0741. The maximum Gasteiger partial charge on any atom is 0.260 e. The number of amides is 1. The third-order valence-electron chi connectivity index (χ3n) is 5.23. The Morgan fingerprint density at radius 3 is 2.42 bits per heavy atom. The van der Waals surface area contributed by atoms with Crippen LogP contribution in [0.25, 0.3) is 10.2 Å². The van der Waals surface area contributed by atoms with Crippen molar-refractivity contribution in [1.29, 1.82) is 0 Å². The van der Waals surface area contributed by atoms with E-state index in [0.717, 1.165) is 27.1 Å². The average molecular weight is 452 g/mol. The van der Waals surface area contributed by atoms with Crippen LogP contribution in [0.15, 0.2) is 97.3 Å². The van der Waals surface area contributed by atoms with Crippen molar-refractivity contribution in [2.45, 2.75) is 13.5 Å². The molecule has 1 amide bonds. The largest absolute Gasteiger partial charge is 0.457 e. The number of thiazole rings is 1. The first kappa shape index (κ1) is 20.8. The number of aromatic nitrogens is 2. The molecule has 0 saturated carbocycles. The van der Waals surface area contributed by atoms with Gasteiger partial charge >= 0.3 is 0 Å².